The molecule has 3 nitrogen and oxygen atoms in total. The first-order valence-corrected chi connectivity index (χ1v) is 7.47. The van der Waals surface area contributed by atoms with Crippen LogP contribution in [-0.2, 0) is 4.74 Å². The fourth-order valence-electron chi connectivity index (χ4n) is 3.53. The van der Waals surface area contributed by atoms with E-state index in [1.54, 1.807) is 0 Å². The van der Waals surface area contributed by atoms with Crippen molar-refractivity contribution >= 4 is 0 Å². The predicted molar refractivity (Wildman–Crippen MR) is 69.1 cm³/mol. The first-order chi connectivity index (χ1) is 8.43. The third-order valence-electron chi connectivity index (χ3n) is 4.75. The summed E-state index contributed by atoms with van der Waals surface area (Å²) in [5, 5.41) is 3.77. The molecule has 2 aliphatic carbocycles. The number of nitrogens with one attached hydrogen (secondary N) is 1. The summed E-state index contributed by atoms with van der Waals surface area (Å²) in [6, 6.07) is 0.878. The summed E-state index contributed by atoms with van der Waals surface area (Å²) in [6.45, 7) is 6.65. The zero-order valence-corrected chi connectivity index (χ0v) is 10.9. The van der Waals surface area contributed by atoms with Crippen LogP contribution in [0.15, 0.2) is 0 Å². The first kappa shape index (κ1) is 11.9. The molecule has 0 spiro atoms. The van der Waals surface area contributed by atoms with Gasteiger partial charge in [-0.3, -0.25) is 4.90 Å². The molecule has 3 fully saturated rings. The van der Waals surface area contributed by atoms with Crippen molar-refractivity contribution in [1.29, 1.82) is 0 Å². The van der Waals surface area contributed by atoms with Crippen LogP contribution in [0.1, 0.15) is 32.1 Å². The number of nitrogens with zero attached hydrogens (tertiary/aromatic N) is 1. The van der Waals surface area contributed by atoms with Crippen LogP contribution in [0, 0.1) is 11.8 Å². The molecular weight excluding hydrogens is 212 g/mol. The minimum absolute atomic E-state index is 0.878. The van der Waals surface area contributed by atoms with Gasteiger partial charge in [-0.15, -0.1) is 0 Å². The average molecular weight is 238 g/mol. The maximum atomic E-state index is 5.36. The Bertz CT molecular complexity index is 240. The van der Waals surface area contributed by atoms with E-state index in [1.165, 1.54) is 45.2 Å². The lowest BCUT2D eigenvalue weighted by Gasteiger charge is -2.26. The molecule has 0 aromatic heterocycles. The van der Waals surface area contributed by atoms with Crippen molar-refractivity contribution in [2.75, 3.05) is 39.4 Å². The zero-order valence-electron chi connectivity index (χ0n) is 10.9. The Hall–Kier alpha value is -0.120. The molecule has 17 heavy (non-hydrogen) atoms. The Balaban J connectivity index is 1.21. The largest absolute Gasteiger partial charge is 0.379 e. The molecule has 1 saturated heterocycles. The zero-order chi connectivity index (χ0) is 11.5. The molecule has 3 aliphatic rings. The van der Waals surface area contributed by atoms with Gasteiger partial charge in [-0.2, -0.15) is 0 Å². The molecular formula is C14H26N2O. The van der Waals surface area contributed by atoms with Gasteiger partial charge < -0.3 is 10.1 Å². The van der Waals surface area contributed by atoms with Gasteiger partial charge in [-0.05, 0) is 57.0 Å². The van der Waals surface area contributed by atoms with Crippen LogP contribution in [0.25, 0.3) is 0 Å². The van der Waals surface area contributed by atoms with E-state index in [2.05, 4.69) is 10.2 Å². The van der Waals surface area contributed by atoms with Crippen LogP contribution in [0.3, 0.4) is 0 Å². The van der Waals surface area contributed by atoms with Crippen molar-refractivity contribution in [3.8, 4) is 0 Å². The van der Waals surface area contributed by atoms with Gasteiger partial charge in [-0.25, -0.2) is 0 Å². The highest BCUT2D eigenvalue weighted by Gasteiger charge is 2.47. The fourth-order valence-corrected chi connectivity index (χ4v) is 3.53. The molecule has 1 heterocycles. The van der Waals surface area contributed by atoms with Gasteiger partial charge in [0.25, 0.3) is 0 Å². The smallest absolute Gasteiger partial charge is 0.0594 e. The molecule has 2 saturated carbocycles. The summed E-state index contributed by atoms with van der Waals surface area (Å²) in [5.74, 6) is 2.18. The number of hydrogen-bond acceptors (Lipinski definition) is 3. The molecule has 0 amide bonds. The van der Waals surface area contributed by atoms with E-state index in [1.807, 2.05) is 0 Å². The molecule has 3 unspecified atom stereocenters. The summed E-state index contributed by atoms with van der Waals surface area (Å²) in [6.07, 6.45) is 7.14. The SMILES string of the molecule is C(CCN1CCOCC1)CNC1CCC2CC21. The predicted octanol–water partition coefficient (Wildman–Crippen LogP) is 1.49. The van der Waals surface area contributed by atoms with Crippen LogP contribution in [0.5, 0.6) is 0 Å². The highest BCUT2D eigenvalue weighted by atomic mass is 16.5. The molecule has 0 radical (unpaired) electrons. The number of morpholine rings is 1. The summed E-state index contributed by atoms with van der Waals surface area (Å²) in [7, 11) is 0. The number of rotatable bonds is 6. The Morgan fingerprint density at radius 1 is 1.12 bits per heavy atom. The van der Waals surface area contributed by atoms with Crippen LogP contribution >= 0.6 is 0 Å². The van der Waals surface area contributed by atoms with Crippen molar-refractivity contribution in [2.24, 2.45) is 11.8 Å². The molecule has 1 aliphatic heterocycles. The van der Waals surface area contributed by atoms with Crippen molar-refractivity contribution < 1.29 is 4.74 Å². The van der Waals surface area contributed by atoms with Crippen molar-refractivity contribution in [1.82, 2.24) is 10.2 Å². The Morgan fingerprint density at radius 2 is 2.00 bits per heavy atom. The van der Waals surface area contributed by atoms with Crippen molar-refractivity contribution in [3.05, 3.63) is 0 Å². The van der Waals surface area contributed by atoms with Crippen LogP contribution in [-0.4, -0.2) is 50.3 Å². The van der Waals surface area contributed by atoms with E-state index in [4.69, 9.17) is 4.74 Å². The number of fused-ring (bicyclic) bond motifs is 1. The van der Waals surface area contributed by atoms with E-state index in [-0.39, 0.29) is 0 Å². The van der Waals surface area contributed by atoms with Crippen LogP contribution in [0.4, 0.5) is 0 Å². The quantitative estimate of drug-likeness (QED) is 0.710. The topological polar surface area (TPSA) is 24.5 Å². The van der Waals surface area contributed by atoms with Crippen LogP contribution in [0.2, 0.25) is 0 Å². The average Bonchev–Trinajstić information content (AvgIpc) is 3.05. The maximum Gasteiger partial charge on any atom is 0.0594 e. The third-order valence-corrected chi connectivity index (χ3v) is 4.75. The van der Waals surface area contributed by atoms with Crippen molar-refractivity contribution in [2.45, 2.75) is 38.1 Å². The molecule has 3 heteroatoms. The second-order valence-electron chi connectivity index (χ2n) is 5.96. The van der Waals surface area contributed by atoms with Gasteiger partial charge >= 0.3 is 0 Å². The van der Waals surface area contributed by atoms with E-state index >= 15 is 0 Å². The number of ether oxygens (including phenoxy) is 1. The van der Waals surface area contributed by atoms with E-state index in [9.17, 15) is 0 Å². The van der Waals surface area contributed by atoms with E-state index in [0.717, 1.165) is 44.2 Å². The molecule has 3 rings (SSSR count). The standard InChI is InChI=1S/C14H26N2O/c1(2-6-16-7-9-17-10-8-16)5-15-14-4-3-12-11-13(12)14/h12-15H,1-11H2. The Kier molecular flexibility index (Phi) is 3.99. The fraction of sp³-hybridized carbons (Fsp3) is 1.00. The summed E-state index contributed by atoms with van der Waals surface area (Å²) < 4.78 is 5.36. The lowest BCUT2D eigenvalue weighted by atomic mass is 10.1. The Morgan fingerprint density at radius 3 is 2.71 bits per heavy atom. The second kappa shape index (κ2) is 5.68. The van der Waals surface area contributed by atoms with Gasteiger partial charge in [0.15, 0.2) is 0 Å². The van der Waals surface area contributed by atoms with Gasteiger partial charge in [-0.1, -0.05) is 0 Å². The van der Waals surface area contributed by atoms with Crippen LogP contribution < -0.4 is 5.32 Å². The second-order valence-corrected chi connectivity index (χ2v) is 5.96. The minimum Gasteiger partial charge on any atom is -0.379 e. The summed E-state index contributed by atoms with van der Waals surface area (Å²) >= 11 is 0. The lowest BCUT2D eigenvalue weighted by molar-refractivity contribution is 0.0372. The lowest BCUT2D eigenvalue weighted by Crippen LogP contribution is -2.37. The first-order valence-electron chi connectivity index (χ1n) is 7.47. The summed E-state index contributed by atoms with van der Waals surface area (Å²) in [4.78, 5) is 2.54. The normalized spacial score (nSPS) is 37.1. The monoisotopic (exact) mass is 238 g/mol. The van der Waals surface area contributed by atoms with Gasteiger partial charge in [0.05, 0.1) is 13.2 Å². The molecule has 0 aromatic rings. The van der Waals surface area contributed by atoms with E-state index < -0.39 is 0 Å². The highest BCUT2D eigenvalue weighted by Crippen LogP contribution is 2.51. The molecule has 98 valence electrons. The third kappa shape index (κ3) is 3.21. The number of unbranched alkanes of at least 4 members (excludes halogenated alkanes) is 1. The van der Waals surface area contributed by atoms with Crippen molar-refractivity contribution in [3.63, 3.8) is 0 Å². The maximum absolute atomic E-state index is 5.36. The number of hydrogen-bond donors (Lipinski definition) is 1. The van der Waals surface area contributed by atoms with Gasteiger partial charge in [0.1, 0.15) is 0 Å². The molecule has 3 atom stereocenters. The molecule has 1 N–H and O–H groups in total. The molecule has 0 aromatic carbocycles. The van der Waals surface area contributed by atoms with Gasteiger partial charge in [0, 0.05) is 19.1 Å². The van der Waals surface area contributed by atoms with E-state index in [0.29, 0.717) is 0 Å². The van der Waals surface area contributed by atoms with Gasteiger partial charge in [0.2, 0.25) is 0 Å². The highest BCUT2D eigenvalue weighted by molar-refractivity contribution is 5.01. The Labute approximate surface area is 105 Å². The summed E-state index contributed by atoms with van der Waals surface area (Å²) in [5.41, 5.74) is 0. The minimum atomic E-state index is 0.878. The molecule has 0 bridgehead atoms.